The molecule has 0 radical (unpaired) electrons. The largest absolute Gasteiger partial charge is 0.481 e. The number of carboxylic acids is 1. The molecule has 1 aliphatic rings. The van der Waals surface area contributed by atoms with Crippen LogP contribution in [0.1, 0.15) is 12.8 Å². The number of carbonyl (C=O) groups is 2. The van der Waals surface area contributed by atoms with E-state index in [2.05, 4.69) is 5.32 Å². The Labute approximate surface area is 112 Å². The summed E-state index contributed by atoms with van der Waals surface area (Å²) in [5, 5.41) is 11.5. The molecule has 1 saturated heterocycles. The molecule has 7 nitrogen and oxygen atoms in total. The van der Waals surface area contributed by atoms with Gasteiger partial charge >= 0.3 is 12.0 Å². The lowest BCUT2D eigenvalue weighted by Crippen LogP contribution is -2.43. The molecule has 110 valence electrons. The van der Waals surface area contributed by atoms with Gasteiger partial charge in [0.1, 0.15) is 0 Å². The zero-order chi connectivity index (χ0) is 14.3. The van der Waals surface area contributed by atoms with Gasteiger partial charge in [0.2, 0.25) is 0 Å². The molecule has 1 aliphatic heterocycles. The maximum atomic E-state index is 11.9. The molecule has 0 saturated carbocycles. The van der Waals surface area contributed by atoms with Crippen LogP contribution < -0.4 is 5.32 Å². The van der Waals surface area contributed by atoms with Crippen LogP contribution in [0.5, 0.6) is 0 Å². The third kappa shape index (κ3) is 5.44. The summed E-state index contributed by atoms with van der Waals surface area (Å²) in [6.45, 7) is 1.90. The van der Waals surface area contributed by atoms with E-state index in [0.717, 1.165) is 6.42 Å². The molecule has 0 aromatic rings. The summed E-state index contributed by atoms with van der Waals surface area (Å²) in [6, 6.07) is -0.175. The van der Waals surface area contributed by atoms with Crippen LogP contribution in [0.15, 0.2) is 0 Å². The minimum absolute atomic E-state index is 0.0560. The smallest absolute Gasteiger partial charge is 0.317 e. The van der Waals surface area contributed by atoms with Crippen LogP contribution in [0, 0.1) is 5.92 Å². The number of carbonyl (C=O) groups excluding carboxylic acids is 1. The summed E-state index contributed by atoms with van der Waals surface area (Å²) in [4.78, 5) is 24.1. The molecule has 19 heavy (non-hydrogen) atoms. The molecule has 1 rings (SSSR count). The van der Waals surface area contributed by atoms with E-state index in [1.165, 1.54) is 0 Å². The van der Waals surface area contributed by atoms with Crippen molar-refractivity contribution in [1.29, 1.82) is 0 Å². The number of hydrogen-bond donors (Lipinski definition) is 2. The molecule has 0 aromatic heterocycles. The summed E-state index contributed by atoms with van der Waals surface area (Å²) in [5.41, 5.74) is 0. The minimum Gasteiger partial charge on any atom is -0.481 e. The van der Waals surface area contributed by atoms with Crippen molar-refractivity contribution in [1.82, 2.24) is 10.2 Å². The van der Waals surface area contributed by atoms with Gasteiger partial charge in [-0.2, -0.15) is 0 Å². The quantitative estimate of drug-likeness (QED) is 0.690. The first-order valence-corrected chi connectivity index (χ1v) is 6.33. The molecular weight excluding hydrogens is 252 g/mol. The lowest BCUT2D eigenvalue weighted by atomic mass is 10.1. The Bertz CT molecular complexity index is 310. The molecule has 0 aromatic carbocycles. The summed E-state index contributed by atoms with van der Waals surface area (Å²) >= 11 is 0. The van der Waals surface area contributed by atoms with Gasteiger partial charge in [-0.15, -0.1) is 0 Å². The average molecular weight is 274 g/mol. The average Bonchev–Trinajstić information content (AvgIpc) is 2.81. The number of aliphatic carboxylic acids is 1. The fraction of sp³-hybridized carbons (Fsp3) is 0.833. The molecule has 0 spiro atoms. The Balaban J connectivity index is 2.29. The second kappa shape index (κ2) is 7.96. The number of carboxylic acid groups (broad SMARTS) is 1. The van der Waals surface area contributed by atoms with Crippen LogP contribution in [-0.4, -0.2) is 68.6 Å². The van der Waals surface area contributed by atoms with Gasteiger partial charge in [0, 0.05) is 40.3 Å². The van der Waals surface area contributed by atoms with Crippen LogP contribution in [0.2, 0.25) is 0 Å². The van der Waals surface area contributed by atoms with Gasteiger partial charge in [-0.25, -0.2) is 4.79 Å². The first-order chi connectivity index (χ1) is 9.06. The van der Waals surface area contributed by atoms with E-state index in [1.54, 1.807) is 19.1 Å². The highest BCUT2D eigenvalue weighted by Crippen LogP contribution is 2.19. The fourth-order valence-corrected chi connectivity index (χ4v) is 2.14. The van der Waals surface area contributed by atoms with Crippen LogP contribution in [0.3, 0.4) is 0 Å². The van der Waals surface area contributed by atoms with Gasteiger partial charge < -0.3 is 24.8 Å². The summed E-state index contributed by atoms with van der Waals surface area (Å²) in [5.74, 6) is -0.757. The predicted molar refractivity (Wildman–Crippen MR) is 68.0 cm³/mol. The summed E-state index contributed by atoms with van der Waals surface area (Å²) in [6.07, 6.45) is 0.686. The third-order valence-corrected chi connectivity index (χ3v) is 3.20. The van der Waals surface area contributed by atoms with Crippen molar-refractivity contribution < 1.29 is 24.2 Å². The van der Waals surface area contributed by atoms with Crippen LogP contribution in [0.25, 0.3) is 0 Å². The lowest BCUT2D eigenvalue weighted by Gasteiger charge is -2.20. The number of urea groups is 1. The highest BCUT2D eigenvalue weighted by Gasteiger charge is 2.27. The van der Waals surface area contributed by atoms with Crippen LogP contribution >= 0.6 is 0 Å². The molecule has 7 heteroatoms. The normalized spacial score (nSPS) is 20.3. The predicted octanol–water partition coefficient (Wildman–Crippen LogP) is 0.154. The van der Waals surface area contributed by atoms with Crippen molar-refractivity contribution in [3.05, 3.63) is 0 Å². The Morgan fingerprint density at radius 1 is 1.47 bits per heavy atom. The highest BCUT2D eigenvalue weighted by molar-refractivity contribution is 5.74. The third-order valence-electron chi connectivity index (χ3n) is 3.20. The Kier molecular flexibility index (Phi) is 6.58. The minimum atomic E-state index is -0.813. The van der Waals surface area contributed by atoms with Crippen molar-refractivity contribution in [2.75, 3.05) is 40.5 Å². The molecule has 0 bridgehead atoms. The van der Waals surface area contributed by atoms with Gasteiger partial charge in [-0.05, 0) is 12.3 Å². The molecule has 1 heterocycles. The topological polar surface area (TPSA) is 88.1 Å². The number of amides is 2. The first-order valence-electron chi connectivity index (χ1n) is 6.33. The number of rotatable bonds is 7. The van der Waals surface area contributed by atoms with Gasteiger partial charge in [-0.1, -0.05) is 0 Å². The van der Waals surface area contributed by atoms with Gasteiger partial charge in [0.15, 0.2) is 0 Å². The maximum Gasteiger partial charge on any atom is 0.317 e. The summed E-state index contributed by atoms with van der Waals surface area (Å²) in [7, 11) is 3.14. The highest BCUT2D eigenvalue weighted by atomic mass is 16.5. The number of nitrogens with one attached hydrogen (secondary N) is 1. The Morgan fingerprint density at radius 2 is 2.21 bits per heavy atom. The Hall–Kier alpha value is -1.34. The standard InChI is InChI=1S/C12H22N2O5/c1-18-8-10(19-2)6-13-12(17)14-4-3-9(7-14)5-11(15)16/h9-10H,3-8H2,1-2H3,(H,13,17)(H,15,16). The molecule has 0 aliphatic carbocycles. The van der Waals surface area contributed by atoms with Crippen molar-refractivity contribution in [3.63, 3.8) is 0 Å². The van der Waals surface area contributed by atoms with E-state index in [0.29, 0.717) is 26.2 Å². The van der Waals surface area contributed by atoms with Gasteiger partial charge in [-0.3, -0.25) is 4.79 Å². The maximum absolute atomic E-state index is 11.9. The van der Waals surface area contributed by atoms with E-state index >= 15 is 0 Å². The SMILES string of the molecule is COCC(CNC(=O)N1CCC(CC(=O)O)C1)OC. The number of likely N-dealkylation sites (tertiary alicyclic amines) is 1. The number of methoxy groups -OCH3 is 2. The van der Waals surface area contributed by atoms with E-state index in [4.69, 9.17) is 14.6 Å². The molecular formula is C12H22N2O5. The van der Waals surface area contributed by atoms with Gasteiger partial charge in [0.05, 0.1) is 12.7 Å². The fourth-order valence-electron chi connectivity index (χ4n) is 2.14. The second-order valence-electron chi connectivity index (χ2n) is 4.70. The van der Waals surface area contributed by atoms with Crippen molar-refractivity contribution in [2.45, 2.75) is 18.9 Å². The molecule has 2 amide bonds. The molecule has 2 unspecified atom stereocenters. The van der Waals surface area contributed by atoms with Crippen molar-refractivity contribution in [3.8, 4) is 0 Å². The molecule has 1 fully saturated rings. The van der Waals surface area contributed by atoms with E-state index < -0.39 is 5.97 Å². The molecule has 2 N–H and O–H groups in total. The van der Waals surface area contributed by atoms with E-state index in [-0.39, 0.29) is 24.5 Å². The Morgan fingerprint density at radius 3 is 2.79 bits per heavy atom. The first kappa shape index (κ1) is 15.7. The van der Waals surface area contributed by atoms with E-state index in [1.807, 2.05) is 0 Å². The van der Waals surface area contributed by atoms with Crippen molar-refractivity contribution >= 4 is 12.0 Å². The van der Waals surface area contributed by atoms with Gasteiger partial charge in [0.25, 0.3) is 0 Å². The zero-order valence-electron chi connectivity index (χ0n) is 11.4. The van der Waals surface area contributed by atoms with Crippen molar-refractivity contribution in [2.24, 2.45) is 5.92 Å². The van der Waals surface area contributed by atoms with Crippen LogP contribution in [0.4, 0.5) is 4.79 Å². The lowest BCUT2D eigenvalue weighted by molar-refractivity contribution is -0.138. The van der Waals surface area contributed by atoms with Crippen LogP contribution in [-0.2, 0) is 14.3 Å². The zero-order valence-corrected chi connectivity index (χ0v) is 11.4. The monoisotopic (exact) mass is 274 g/mol. The number of nitrogens with zero attached hydrogens (tertiary/aromatic N) is 1. The summed E-state index contributed by atoms with van der Waals surface area (Å²) < 4.78 is 10.1. The number of ether oxygens (including phenoxy) is 2. The molecule has 2 atom stereocenters. The number of hydrogen-bond acceptors (Lipinski definition) is 4. The second-order valence-corrected chi connectivity index (χ2v) is 4.70. The van der Waals surface area contributed by atoms with E-state index in [9.17, 15) is 9.59 Å².